The molecule has 0 bridgehead atoms. The lowest BCUT2D eigenvalue weighted by Crippen LogP contribution is -2.19. The van der Waals surface area contributed by atoms with Gasteiger partial charge in [-0.25, -0.2) is 9.59 Å². The van der Waals surface area contributed by atoms with Crippen LogP contribution in [-0.2, 0) is 9.59 Å². The summed E-state index contributed by atoms with van der Waals surface area (Å²) in [5, 5.41) is 8.36. The number of esters is 1. The Morgan fingerprint density at radius 1 is 1.38 bits per heavy atom. The molecular formula is C11H8O5. The third-order valence-electron chi connectivity index (χ3n) is 2.00. The van der Waals surface area contributed by atoms with Crippen molar-refractivity contribution in [2.75, 3.05) is 6.61 Å². The Balaban J connectivity index is 2.21. The predicted molar refractivity (Wildman–Crippen MR) is 54.2 cm³/mol. The van der Waals surface area contributed by atoms with E-state index < -0.39 is 11.9 Å². The molecule has 0 aliphatic carbocycles. The molecule has 0 spiro atoms. The highest BCUT2D eigenvalue weighted by molar-refractivity contribution is 6.29. The number of hydrogen-bond acceptors (Lipinski definition) is 4. The van der Waals surface area contributed by atoms with Gasteiger partial charge in [0, 0.05) is 11.6 Å². The molecule has 82 valence electrons. The minimum atomic E-state index is -1.63. The van der Waals surface area contributed by atoms with Crippen LogP contribution >= 0.6 is 0 Å². The Bertz CT molecular complexity index is 475. The first-order valence-corrected chi connectivity index (χ1v) is 4.55. The zero-order valence-electron chi connectivity index (χ0n) is 8.17. The summed E-state index contributed by atoms with van der Waals surface area (Å²) in [6, 6.07) is 4.69. The van der Waals surface area contributed by atoms with E-state index in [2.05, 4.69) is 4.74 Å². The van der Waals surface area contributed by atoms with Crippen molar-refractivity contribution < 1.29 is 24.2 Å². The van der Waals surface area contributed by atoms with Gasteiger partial charge >= 0.3 is 11.9 Å². The van der Waals surface area contributed by atoms with Crippen molar-refractivity contribution in [1.82, 2.24) is 0 Å². The number of ether oxygens (including phenoxy) is 2. The smallest absolute Gasteiger partial charge is 0.422 e. The molecule has 0 saturated heterocycles. The average Bonchev–Trinajstić information content (AvgIpc) is 2.28. The third kappa shape index (κ3) is 2.03. The summed E-state index contributed by atoms with van der Waals surface area (Å²) in [6.07, 6.45) is 3.73. The lowest BCUT2D eigenvalue weighted by molar-refractivity contribution is -0.158. The minimum Gasteiger partial charge on any atom is -0.489 e. The van der Waals surface area contributed by atoms with Gasteiger partial charge in [-0.1, -0.05) is 6.08 Å². The zero-order valence-corrected chi connectivity index (χ0v) is 8.17. The Morgan fingerprint density at radius 2 is 2.19 bits per heavy atom. The van der Waals surface area contributed by atoms with Gasteiger partial charge in [-0.15, -0.1) is 0 Å². The molecule has 0 unspecified atom stereocenters. The van der Waals surface area contributed by atoms with E-state index in [-0.39, 0.29) is 5.75 Å². The molecule has 1 aromatic rings. The standard InChI is InChI=1S/C11H8O5/c12-10(13)11(14)16-8-4-3-7-2-1-5-15-9(7)6-8/h1-4,6H,5H2,(H,12,13). The van der Waals surface area contributed by atoms with E-state index in [4.69, 9.17) is 9.84 Å². The molecule has 0 atom stereocenters. The minimum absolute atomic E-state index is 0.154. The van der Waals surface area contributed by atoms with Gasteiger partial charge in [-0.3, -0.25) is 0 Å². The number of carboxylic acids is 1. The highest BCUT2D eigenvalue weighted by Crippen LogP contribution is 2.28. The van der Waals surface area contributed by atoms with Gasteiger partial charge in [-0.05, 0) is 18.2 Å². The number of carbonyl (C=O) groups is 2. The van der Waals surface area contributed by atoms with Gasteiger partial charge in [0.05, 0.1) is 0 Å². The van der Waals surface area contributed by atoms with Gasteiger partial charge in [0.25, 0.3) is 0 Å². The van der Waals surface area contributed by atoms with Gasteiger partial charge in [0.1, 0.15) is 18.1 Å². The van der Waals surface area contributed by atoms with E-state index in [1.165, 1.54) is 12.1 Å². The second kappa shape index (κ2) is 4.06. The van der Waals surface area contributed by atoms with Crippen LogP contribution in [0.2, 0.25) is 0 Å². The molecule has 0 amide bonds. The van der Waals surface area contributed by atoms with Crippen LogP contribution in [0.15, 0.2) is 24.3 Å². The van der Waals surface area contributed by atoms with E-state index >= 15 is 0 Å². The maximum absolute atomic E-state index is 10.8. The Hall–Kier alpha value is -2.30. The zero-order chi connectivity index (χ0) is 11.5. The summed E-state index contributed by atoms with van der Waals surface area (Å²) in [7, 11) is 0. The van der Waals surface area contributed by atoms with Crippen LogP contribution in [-0.4, -0.2) is 23.7 Å². The maximum Gasteiger partial charge on any atom is 0.422 e. The second-order valence-corrected chi connectivity index (χ2v) is 3.11. The Labute approximate surface area is 90.9 Å². The lowest BCUT2D eigenvalue weighted by Gasteiger charge is -2.12. The number of rotatable bonds is 1. The fraction of sp³-hybridized carbons (Fsp3) is 0.0909. The van der Waals surface area contributed by atoms with Crippen LogP contribution in [0.5, 0.6) is 11.5 Å². The molecular weight excluding hydrogens is 212 g/mol. The summed E-state index contributed by atoms with van der Waals surface area (Å²) < 4.78 is 9.88. The molecule has 1 aliphatic heterocycles. The topological polar surface area (TPSA) is 72.8 Å². The predicted octanol–water partition coefficient (Wildman–Crippen LogP) is 1.08. The van der Waals surface area contributed by atoms with Crippen LogP contribution in [0.3, 0.4) is 0 Å². The number of carboxylic acid groups (broad SMARTS) is 1. The summed E-state index contributed by atoms with van der Waals surface area (Å²) in [5.41, 5.74) is 0.862. The number of benzene rings is 1. The molecule has 1 heterocycles. The SMILES string of the molecule is O=C(O)C(=O)Oc1ccc2c(c1)OCC=C2. The van der Waals surface area contributed by atoms with E-state index in [1.807, 2.05) is 12.2 Å². The molecule has 5 nitrogen and oxygen atoms in total. The number of aliphatic carboxylic acids is 1. The molecule has 1 aliphatic rings. The molecule has 0 fully saturated rings. The van der Waals surface area contributed by atoms with Crippen LogP contribution in [0.1, 0.15) is 5.56 Å². The average molecular weight is 220 g/mol. The molecule has 1 aromatic carbocycles. The fourth-order valence-electron chi connectivity index (χ4n) is 1.30. The highest BCUT2D eigenvalue weighted by Gasteiger charge is 2.15. The van der Waals surface area contributed by atoms with Crippen molar-refractivity contribution >= 4 is 18.0 Å². The molecule has 0 saturated carbocycles. The molecule has 2 rings (SSSR count). The van der Waals surface area contributed by atoms with Gasteiger partial charge in [-0.2, -0.15) is 0 Å². The molecule has 5 heteroatoms. The lowest BCUT2D eigenvalue weighted by atomic mass is 10.1. The summed E-state index contributed by atoms with van der Waals surface area (Å²) >= 11 is 0. The first-order chi connectivity index (χ1) is 7.66. The first kappa shape index (κ1) is 10.2. The van der Waals surface area contributed by atoms with Crippen LogP contribution in [0.4, 0.5) is 0 Å². The van der Waals surface area contributed by atoms with Gasteiger partial charge in [0.2, 0.25) is 0 Å². The fourth-order valence-corrected chi connectivity index (χ4v) is 1.30. The molecule has 1 N–H and O–H groups in total. The maximum atomic E-state index is 10.8. The van der Waals surface area contributed by atoms with Gasteiger partial charge < -0.3 is 14.6 Å². The molecule has 0 aromatic heterocycles. The number of fused-ring (bicyclic) bond motifs is 1. The van der Waals surface area contributed by atoms with Crippen molar-refractivity contribution in [2.24, 2.45) is 0 Å². The van der Waals surface area contributed by atoms with E-state index in [0.29, 0.717) is 12.4 Å². The van der Waals surface area contributed by atoms with Crippen molar-refractivity contribution in [3.63, 3.8) is 0 Å². The van der Waals surface area contributed by atoms with E-state index in [0.717, 1.165) is 5.56 Å². The van der Waals surface area contributed by atoms with Crippen LogP contribution < -0.4 is 9.47 Å². The van der Waals surface area contributed by atoms with Crippen molar-refractivity contribution in [2.45, 2.75) is 0 Å². The highest BCUT2D eigenvalue weighted by atomic mass is 16.6. The van der Waals surface area contributed by atoms with Crippen LogP contribution in [0, 0.1) is 0 Å². The quantitative estimate of drug-likeness (QED) is 0.435. The Kier molecular flexibility index (Phi) is 2.59. The summed E-state index contributed by atoms with van der Waals surface area (Å²) in [5.74, 6) is -2.22. The third-order valence-corrected chi connectivity index (χ3v) is 2.00. The second-order valence-electron chi connectivity index (χ2n) is 3.11. The monoisotopic (exact) mass is 220 g/mol. The molecule has 16 heavy (non-hydrogen) atoms. The van der Waals surface area contributed by atoms with E-state index in [9.17, 15) is 9.59 Å². The molecule has 0 radical (unpaired) electrons. The van der Waals surface area contributed by atoms with Crippen molar-refractivity contribution in [3.05, 3.63) is 29.8 Å². The first-order valence-electron chi connectivity index (χ1n) is 4.55. The van der Waals surface area contributed by atoms with Gasteiger partial charge in [0.15, 0.2) is 0 Å². The van der Waals surface area contributed by atoms with Crippen LogP contribution in [0.25, 0.3) is 6.08 Å². The normalized spacial score (nSPS) is 12.5. The Morgan fingerprint density at radius 3 is 2.94 bits per heavy atom. The number of carbonyl (C=O) groups excluding carboxylic acids is 1. The van der Waals surface area contributed by atoms with E-state index in [1.54, 1.807) is 6.07 Å². The van der Waals surface area contributed by atoms with Crippen molar-refractivity contribution in [1.29, 1.82) is 0 Å². The largest absolute Gasteiger partial charge is 0.489 e. The summed E-state index contributed by atoms with van der Waals surface area (Å²) in [6.45, 7) is 0.448. The summed E-state index contributed by atoms with van der Waals surface area (Å²) in [4.78, 5) is 21.1. The number of hydrogen-bond donors (Lipinski definition) is 1. The van der Waals surface area contributed by atoms with Crippen molar-refractivity contribution in [3.8, 4) is 11.5 Å².